The number of methoxy groups -OCH3 is 2. The Labute approximate surface area is 197 Å². The monoisotopic (exact) mass is 458 g/mol. The Morgan fingerprint density at radius 2 is 1.84 bits per heavy atom. The Morgan fingerprint density at radius 1 is 1.19 bits per heavy atom. The maximum atomic E-state index is 12.2. The molecular formula is C26H35ClN2O3. The van der Waals surface area contributed by atoms with Gasteiger partial charge in [0.1, 0.15) is 5.75 Å². The van der Waals surface area contributed by atoms with Crippen molar-refractivity contribution in [3.05, 3.63) is 58.1 Å². The second-order valence-electron chi connectivity index (χ2n) is 8.87. The van der Waals surface area contributed by atoms with Gasteiger partial charge in [0.2, 0.25) is 0 Å². The average Bonchev–Trinajstić information content (AvgIpc) is 2.81. The fourth-order valence-electron chi connectivity index (χ4n) is 4.73. The lowest BCUT2D eigenvalue weighted by Gasteiger charge is -2.44. The van der Waals surface area contributed by atoms with E-state index in [0.29, 0.717) is 16.6 Å². The van der Waals surface area contributed by atoms with E-state index in [1.807, 2.05) is 25.1 Å². The predicted octanol–water partition coefficient (Wildman–Crippen LogP) is 6.08. The van der Waals surface area contributed by atoms with E-state index in [0.717, 1.165) is 55.6 Å². The molecule has 0 amide bonds. The minimum absolute atomic E-state index is 0.000282. The van der Waals surface area contributed by atoms with Crippen molar-refractivity contribution >= 4 is 23.3 Å². The van der Waals surface area contributed by atoms with Crippen molar-refractivity contribution in [2.75, 3.05) is 26.6 Å². The van der Waals surface area contributed by atoms with Crippen LogP contribution in [0.1, 0.15) is 60.5 Å². The number of hydrogen-bond acceptors (Lipinski definition) is 5. The van der Waals surface area contributed by atoms with Crippen molar-refractivity contribution in [2.24, 2.45) is 0 Å². The van der Waals surface area contributed by atoms with Gasteiger partial charge in [-0.15, -0.1) is 0 Å². The van der Waals surface area contributed by atoms with Gasteiger partial charge in [-0.05, 0) is 81.5 Å². The summed E-state index contributed by atoms with van der Waals surface area (Å²) in [7, 11) is 5.30. The summed E-state index contributed by atoms with van der Waals surface area (Å²) in [5.74, 6) is 0.530. The normalized spacial score (nSPS) is 20.8. The van der Waals surface area contributed by atoms with Gasteiger partial charge in [0.25, 0.3) is 0 Å². The number of ether oxygens (including phenoxy) is 2. The van der Waals surface area contributed by atoms with Gasteiger partial charge in [-0.3, -0.25) is 4.90 Å². The molecule has 1 N–H and O–H groups in total. The van der Waals surface area contributed by atoms with Crippen molar-refractivity contribution < 1.29 is 14.3 Å². The summed E-state index contributed by atoms with van der Waals surface area (Å²) in [5.41, 5.74) is 3.61. The van der Waals surface area contributed by atoms with Gasteiger partial charge in [-0.2, -0.15) is 0 Å². The topological polar surface area (TPSA) is 50.8 Å². The molecular weight excluding hydrogens is 424 g/mol. The quantitative estimate of drug-likeness (QED) is 0.486. The van der Waals surface area contributed by atoms with E-state index in [4.69, 9.17) is 21.1 Å². The van der Waals surface area contributed by atoms with Crippen LogP contribution in [0.25, 0.3) is 0 Å². The molecule has 0 radical (unpaired) electrons. The number of carbonyl (C=O) groups is 1. The first kappa shape index (κ1) is 24.4. The molecule has 0 spiro atoms. The molecule has 3 rings (SSSR count). The standard InChI is InChI=1S/C26H35ClN2O3/c1-6-26(28-24-16-20(27)15-23(18(24)2)25(30)32-5)13-11-21(12-14-26)29(3)17-19-7-9-22(31-4)10-8-19/h7-10,15-16,21,28H,6,11-14,17H2,1-5H3. The number of halogens is 1. The van der Waals surface area contributed by atoms with Crippen molar-refractivity contribution in [3.8, 4) is 5.75 Å². The zero-order chi connectivity index (χ0) is 23.3. The first-order valence-corrected chi connectivity index (χ1v) is 11.7. The molecule has 1 saturated carbocycles. The second kappa shape index (κ2) is 10.6. The highest BCUT2D eigenvalue weighted by atomic mass is 35.5. The maximum absolute atomic E-state index is 12.2. The summed E-state index contributed by atoms with van der Waals surface area (Å²) in [5, 5.41) is 4.31. The molecule has 0 saturated heterocycles. The molecule has 1 aliphatic carbocycles. The number of benzene rings is 2. The molecule has 174 valence electrons. The zero-order valence-electron chi connectivity index (χ0n) is 19.8. The molecule has 0 aliphatic heterocycles. The lowest BCUT2D eigenvalue weighted by atomic mass is 9.77. The molecule has 0 atom stereocenters. The number of rotatable bonds is 8. The van der Waals surface area contributed by atoms with Gasteiger partial charge < -0.3 is 14.8 Å². The van der Waals surface area contributed by atoms with Crippen LogP contribution in [-0.4, -0.2) is 43.7 Å². The highest BCUT2D eigenvalue weighted by molar-refractivity contribution is 6.31. The van der Waals surface area contributed by atoms with E-state index in [1.165, 1.54) is 12.7 Å². The molecule has 0 unspecified atom stereocenters. The van der Waals surface area contributed by atoms with E-state index < -0.39 is 0 Å². The van der Waals surface area contributed by atoms with Crippen LogP contribution < -0.4 is 10.1 Å². The van der Waals surface area contributed by atoms with Crippen LogP contribution in [0.5, 0.6) is 5.75 Å². The van der Waals surface area contributed by atoms with E-state index in [9.17, 15) is 4.79 Å². The van der Waals surface area contributed by atoms with Crippen LogP contribution >= 0.6 is 11.6 Å². The lowest BCUT2D eigenvalue weighted by Crippen LogP contribution is -2.46. The van der Waals surface area contributed by atoms with Crippen LogP contribution in [-0.2, 0) is 11.3 Å². The molecule has 0 bridgehead atoms. The van der Waals surface area contributed by atoms with Gasteiger partial charge in [-0.25, -0.2) is 4.79 Å². The summed E-state index contributed by atoms with van der Waals surface area (Å²) < 4.78 is 10.2. The minimum Gasteiger partial charge on any atom is -0.497 e. The summed E-state index contributed by atoms with van der Waals surface area (Å²) in [6.07, 6.45) is 5.40. The van der Waals surface area contributed by atoms with Crippen molar-refractivity contribution in [1.82, 2.24) is 4.90 Å². The SMILES string of the molecule is CCC1(Nc2cc(Cl)cc(C(=O)OC)c2C)CCC(N(C)Cc2ccc(OC)cc2)CC1. The van der Waals surface area contributed by atoms with Crippen LogP contribution in [0, 0.1) is 6.92 Å². The Morgan fingerprint density at radius 3 is 2.41 bits per heavy atom. The number of nitrogens with one attached hydrogen (secondary N) is 1. The fourth-order valence-corrected chi connectivity index (χ4v) is 4.95. The van der Waals surface area contributed by atoms with Gasteiger partial charge >= 0.3 is 5.97 Å². The van der Waals surface area contributed by atoms with Crippen LogP contribution in [0.2, 0.25) is 5.02 Å². The van der Waals surface area contributed by atoms with Crippen LogP contribution in [0.3, 0.4) is 0 Å². The van der Waals surface area contributed by atoms with Crippen molar-refractivity contribution in [1.29, 1.82) is 0 Å². The smallest absolute Gasteiger partial charge is 0.338 e. The third-order valence-corrected chi connectivity index (χ3v) is 7.20. The summed E-state index contributed by atoms with van der Waals surface area (Å²) in [4.78, 5) is 14.6. The molecule has 1 fully saturated rings. The molecule has 5 nitrogen and oxygen atoms in total. The van der Waals surface area contributed by atoms with E-state index in [2.05, 4.69) is 36.3 Å². The van der Waals surface area contributed by atoms with E-state index in [-0.39, 0.29) is 11.5 Å². The third-order valence-electron chi connectivity index (χ3n) is 6.98. The third kappa shape index (κ3) is 5.57. The van der Waals surface area contributed by atoms with E-state index >= 15 is 0 Å². The molecule has 32 heavy (non-hydrogen) atoms. The van der Waals surface area contributed by atoms with Gasteiger partial charge in [0.15, 0.2) is 0 Å². The Hall–Kier alpha value is -2.24. The maximum Gasteiger partial charge on any atom is 0.338 e. The summed E-state index contributed by atoms with van der Waals surface area (Å²) >= 11 is 6.33. The Bertz CT molecular complexity index is 921. The molecule has 0 aromatic heterocycles. The number of esters is 1. The second-order valence-corrected chi connectivity index (χ2v) is 9.31. The first-order chi connectivity index (χ1) is 15.3. The highest BCUT2D eigenvalue weighted by Gasteiger charge is 2.35. The average molecular weight is 459 g/mol. The summed E-state index contributed by atoms with van der Waals surface area (Å²) in [6, 6.07) is 12.5. The molecule has 2 aromatic carbocycles. The molecule has 0 heterocycles. The van der Waals surface area contributed by atoms with Crippen molar-refractivity contribution in [2.45, 2.75) is 64.1 Å². The van der Waals surface area contributed by atoms with E-state index in [1.54, 1.807) is 13.2 Å². The molecule has 2 aromatic rings. The predicted molar refractivity (Wildman–Crippen MR) is 131 cm³/mol. The van der Waals surface area contributed by atoms with Crippen molar-refractivity contribution in [3.63, 3.8) is 0 Å². The lowest BCUT2D eigenvalue weighted by molar-refractivity contribution is 0.0600. The largest absolute Gasteiger partial charge is 0.497 e. The van der Waals surface area contributed by atoms with Crippen LogP contribution in [0.4, 0.5) is 5.69 Å². The molecule has 1 aliphatic rings. The Kier molecular flexibility index (Phi) is 8.07. The van der Waals surface area contributed by atoms with Gasteiger partial charge in [0, 0.05) is 28.8 Å². The fraction of sp³-hybridized carbons (Fsp3) is 0.500. The molecule has 6 heteroatoms. The van der Waals surface area contributed by atoms with Gasteiger partial charge in [0.05, 0.1) is 19.8 Å². The number of carbonyl (C=O) groups excluding carboxylic acids is 1. The number of anilines is 1. The first-order valence-electron chi connectivity index (χ1n) is 11.3. The minimum atomic E-state index is -0.359. The highest BCUT2D eigenvalue weighted by Crippen LogP contribution is 2.38. The van der Waals surface area contributed by atoms with Gasteiger partial charge in [-0.1, -0.05) is 30.7 Å². The number of nitrogens with zero attached hydrogens (tertiary/aromatic N) is 1. The van der Waals surface area contributed by atoms with Crippen LogP contribution in [0.15, 0.2) is 36.4 Å². The zero-order valence-corrected chi connectivity index (χ0v) is 20.6. The number of hydrogen-bond donors (Lipinski definition) is 1. The Balaban J connectivity index is 1.67. The summed E-state index contributed by atoms with van der Waals surface area (Å²) in [6.45, 7) is 5.11.